The summed E-state index contributed by atoms with van der Waals surface area (Å²) < 4.78 is 32.9. The fourth-order valence-electron chi connectivity index (χ4n) is 1.50. The van der Waals surface area contributed by atoms with Crippen LogP contribution in [0.15, 0.2) is 40.0 Å². The number of rotatable bonds is 3. The lowest BCUT2D eigenvalue weighted by atomic mass is 10.2. The highest BCUT2D eigenvalue weighted by molar-refractivity contribution is 9.10. The lowest BCUT2D eigenvalue weighted by Gasteiger charge is -2.10. The minimum Gasteiger partial charge on any atom is -0.453 e. The molecule has 0 unspecified atom stereocenters. The van der Waals surface area contributed by atoms with Gasteiger partial charge in [-0.2, -0.15) is 0 Å². The van der Waals surface area contributed by atoms with Gasteiger partial charge in [0.1, 0.15) is 11.6 Å². The molecule has 0 atom stereocenters. The molecule has 0 aliphatic rings. The standard InChI is InChI=1S/C13H8BrClF2N2O2/c14-7-4-8(15)9(16)5-12(7)21-11-2-1-6(3-10(11)17)13(18)19-20/h1-5,20H,(H2,18,19). The van der Waals surface area contributed by atoms with E-state index in [9.17, 15) is 8.78 Å². The summed E-state index contributed by atoms with van der Waals surface area (Å²) >= 11 is 8.75. The van der Waals surface area contributed by atoms with Crippen LogP contribution in [0.2, 0.25) is 5.02 Å². The zero-order chi connectivity index (χ0) is 15.6. The summed E-state index contributed by atoms with van der Waals surface area (Å²) in [5.74, 6) is -1.76. The molecule has 0 aliphatic heterocycles. The van der Waals surface area contributed by atoms with Gasteiger partial charge in [-0.05, 0) is 40.2 Å². The van der Waals surface area contributed by atoms with Crippen LogP contribution in [0.3, 0.4) is 0 Å². The van der Waals surface area contributed by atoms with Crippen molar-refractivity contribution in [3.05, 3.63) is 57.0 Å². The van der Waals surface area contributed by atoms with Crippen molar-refractivity contribution in [3.63, 3.8) is 0 Å². The number of oxime groups is 1. The molecule has 0 saturated heterocycles. The number of benzene rings is 2. The van der Waals surface area contributed by atoms with Gasteiger partial charge in [-0.25, -0.2) is 8.78 Å². The molecule has 2 rings (SSSR count). The fourth-order valence-corrected chi connectivity index (χ4v) is 2.22. The summed E-state index contributed by atoms with van der Waals surface area (Å²) in [6, 6.07) is 6.04. The van der Waals surface area contributed by atoms with E-state index in [1.54, 1.807) is 0 Å². The summed E-state index contributed by atoms with van der Waals surface area (Å²) in [6.07, 6.45) is 0. The van der Waals surface area contributed by atoms with E-state index in [0.717, 1.165) is 12.1 Å². The fraction of sp³-hybridized carbons (Fsp3) is 0. The molecule has 0 heterocycles. The van der Waals surface area contributed by atoms with Gasteiger partial charge in [0.15, 0.2) is 17.4 Å². The molecule has 2 aromatic rings. The predicted octanol–water partition coefficient (Wildman–Crippen LogP) is 4.27. The van der Waals surface area contributed by atoms with Crippen molar-refractivity contribution in [2.24, 2.45) is 10.9 Å². The van der Waals surface area contributed by atoms with Gasteiger partial charge in [0.25, 0.3) is 0 Å². The Morgan fingerprint density at radius 2 is 1.90 bits per heavy atom. The van der Waals surface area contributed by atoms with Gasteiger partial charge in [-0.15, -0.1) is 0 Å². The SMILES string of the molecule is N/C(=N/O)c1ccc(Oc2cc(F)c(Cl)cc2Br)c(F)c1. The normalized spacial score (nSPS) is 11.5. The summed E-state index contributed by atoms with van der Waals surface area (Å²) in [5, 5.41) is 11.2. The van der Waals surface area contributed by atoms with Gasteiger partial charge in [0.2, 0.25) is 0 Å². The molecule has 0 saturated carbocycles. The average Bonchev–Trinajstić information content (AvgIpc) is 2.45. The van der Waals surface area contributed by atoms with Crippen molar-refractivity contribution in [3.8, 4) is 11.5 Å². The van der Waals surface area contributed by atoms with Crippen LogP contribution >= 0.6 is 27.5 Å². The maximum atomic E-state index is 13.9. The quantitative estimate of drug-likeness (QED) is 0.276. The van der Waals surface area contributed by atoms with Crippen molar-refractivity contribution >= 4 is 33.4 Å². The Bertz CT molecular complexity index is 726. The van der Waals surface area contributed by atoms with Crippen molar-refractivity contribution in [1.29, 1.82) is 0 Å². The van der Waals surface area contributed by atoms with Crippen LogP contribution in [0, 0.1) is 11.6 Å². The van der Waals surface area contributed by atoms with Crippen LogP contribution in [0.5, 0.6) is 11.5 Å². The summed E-state index contributed by atoms with van der Waals surface area (Å²) in [6.45, 7) is 0. The van der Waals surface area contributed by atoms with E-state index in [1.807, 2.05) is 0 Å². The van der Waals surface area contributed by atoms with Crippen molar-refractivity contribution < 1.29 is 18.7 Å². The number of halogens is 4. The minimum absolute atomic E-state index is 0.0624. The van der Waals surface area contributed by atoms with Gasteiger partial charge in [0, 0.05) is 11.6 Å². The molecule has 0 spiro atoms. The van der Waals surface area contributed by atoms with E-state index < -0.39 is 11.6 Å². The molecule has 3 N–H and O–H groups in total. The minimum atomic E-state index is -0.749. The van der Waals surface area contributed by atoms with Crippen LogP contribution in [0.25, 0.3) is 0 Å². The Balaban J connectivity index is 2.34. The number of ether oxygens (including phenoxy) is 1. The van der Waals surface area contributed by atoms with E-state index in [4.69, 9.17) is 27.3 Å². The first-order chi connectivity index (χ1) is 9.92. The monoisotopic (exact) mass is 376 g/mol. The molecule has 0 aliphatic carbocycles. The highest BCUT2D eigenvalue weighted by Crippen LogP contribution is 2.34. The van der Waals surface area contributed by atoms with Gasteiger partial charge < -0.3 is 15.7 Å². The van der Waals surface area contributed by atoms with Gasteiger partial charge >= 0.3 is 0 Å². The van der Waals surface area contributed by atoms with Crippen molar-refractivity contribution in [2.75, 3.05) is 0 Å². The topological polar surface area (TPSA) is 67.8 Å². The van der Waals surface area contributed by atoms with Gasteiger partial charge in [-0.3, -0.25) is 0 Å². The van der Waals surface area contributed by atoms with Crippen LogP contribution < -0.4 is 10.5 Å². The molecule has 0 fully saturated rings. The summed E-state index contributed by atoms with van der Waals surface area (Å²) in [5.41, 5.74) is 5.53. The number of hydrogen-bond acceptors (Lipinski definition) is 3. The molecule has 110 valence electrons. The Labute approximate surface area is 131 Å². The summed E-state index contributed by atoms with van der Waals surface area (Å²) in [4.78, 5) is 0. The maximum absolute atomic E-state index is 13.9. The van der Waals surface area contributed by atoms with E-state index in [-0.39, 0.29) is 27.9 Å². The third-order valence-electron chi connectivity index (χ3n) is 2.53. The first kappa shape index (κ1) is 15.5. The Hall–Kier alpha value is -1.86. The molecule has 0 bridgehead atoms. The van der Waals surface area contributed by atoms with Crippen LogP contribution in [0.4, 0.5) is 8.78 Å². The number of hydrogen-bond donors (Lipinski definition) is 2. The summed E-state index contributed by atoms with van der Waals surface area (Å²) in [7, 11) is 0. The highest BCUT2D eigenvalue weighted by Gasteiger charge is 2.12. The molecule has 8 heteroatoms. The van der Waals surface area contributed by atoms with E-state index >= 15 is 0 Å². The number of amidine groups is 1. The van der Waals surface area contributed by atoms with Gasteiger partial charge in [-0.1, -0.05) is 16.8 Å². The number of nitrogens with two attached hydrogens (primary N) is 1. The molecule has 4 nitrogen and oxygen atoms in total. The first-order valence-electron chi connectivity index (χ1n) is 5.52. The second-order valence-corrected chi connectivity index (χ2v) is 5.19. The van der Waals surface area contributed by atoms with Crippen LogP contribution in [-0.2, 0) is 0 Å². The first-order valence-corrected chi connectivity index (χ1v) is 6.69. The Morgan fingerprint density at radius 3 is 2.52 bits per heavy atom. The van der Waals surface area contributed by atoms with Crippen LogP contribution in [-0.4, -0.2) is 11.0 Å². The third kappa shape index (κ3) is 3.43. The molecular weight excluding hydrogens is 370 g/mol. The third-order valence-corrected chi connectivity index (χ3v) is 3.44. The zero-order valence-electron chi connectivity index (χ0n) is 10.3. The lowest BCUT2D eigenvalue weighted by Crippen LogP contribution is -2.13. The smallest absolute Gasteiger partial charge is 0.170 e. The van der Waals surface area contributed by atoms with E-state index in [0.29, 0.717) is 4.47 Å². The second kappa shape index (κ2) is 6.28. The Kier molecular flexibility index (Phi) is 4.64. The van der Waals surface area contributed by atoms with Crippen LogP contribution in [0.1, 0.15) is 5.56 Å². The predicted molar refractivity (Wildman–Crippen MR) is 78.1 cm³/mol. The highest BCUT2D eigenvalue weighted by atomic mass is 79.9. The number of nitrogens with zero attached hydrogens (tertiary/aromatic N) is 1. The molecule has 0 amide bonds. The van der Waals surface area contributed by atoms with E-state index in [2.05, 4.69) is 21.1 Å². The molecule has 0 radical (unpaired) electrons. The molecule has 2 aromatic carbocycles. The zero-order valence-corrected chi connectivity index (χ0v) is 12.6. The average molecular weight is 378 g/mol. The maximum Gasteiger partial charge on any atom is 0.170 e. The van der Waals surface area contributed by atoms with Crippen molar-refractivity contribution in [2.45, 2.75) is 0 Å². The molecule has 0 aromatic heterocycles. The van der Waals surface area contributed by atoms with Crippen molar-refractivity contribution in [1.82, 2.24) is 0 Å². The molecular formula is C13H8BrClF2N2O2. The molecule has 21 heavy (non-hydrogen) atoms. The Morgan fingerprint density at radius 1 is 1.19 bits per heavy atom. The second-order valence-electron chi connectivity index (χ2n) is 3.93. The van der Waals surface area contributed by atoms with Gasteiger partial charge in [0.05, 0.1) is 9.50 Å². The lowest BCUT2D eigenvalue weighted by molar-refractivity contribution is 0.318. The largest absolute Gasteiger partial charge is 0.453 e. The van der Waals surface area contributed by atoms with E-state index in [1.165, 1.54) is 18.2 Å².